The third-order valence-electron chi connectivity index (χ3n) is 6.63. The van der Waals surface area contributed by atoms with Gasteiger partial charge in [-0.3, -0.25) is 4.90 Å². The van der Waals surface area contributed by atoms with Crippen LogP contribution in [-0.2, 0) is 9.53 Å². The first-order valence-corrected chi connectivity index (χ1v) is 14.0. The number of rotatable bonds is 9. The van der Waals surface area contributed by atoms with Gasteiger partial charge in [-0.15, -0.1) is 0 Å². The van der Waals surface area contributed by atoms with E-state index in [2.05, 4.69) is 5.32 Å². The van der Waals surface area contributed by atoms with Crippen LogP contribution in [0.2, 0.25) is 0 Å². The molecule has 3 aromatic rings. The Bertz CT molecular complexity index is 1360. The van der Waals surface area contributed by atoms with Gasteiger partial charge in [-0.1, -0.05) is 55.9 Å². The van der Waals surface area contributed by atoms with Crippen LogP contribution in [0.4, 0.5) is 4.79 Å². The van der Waals surface area contributed by atoms with E-state index in [1.165, 1.54) is 0 Å². The van der Waals surface area contributed by atoms with Gasteiger partial charge in [-0.25, -0.2) is 9.78 Å². The monoisotopic (exact) mass is 563 g/mol. The molecular weight excluding hydrogens is 526 g/mol. The maximum atomic E-state index is 13.2. The number of hydrogen-bond acceptors (Lipinski definition) is 7. The van der Waals surface area contributed by atoms with E-state index in [1.807, 2.05) is 82.3 Å². The van der Waals surface area contributed by atoms with Crippen molar-refractivity contribution in [3.63, 3.8) is 0 Å². The van der Waals surface area contributed by atoms with Crippen LogP contribution in [0.1, 0.15) is 47.0 Å². The van der Waals surface area contributed by atoms with Gasteiger partial charge in [-0.05, 0) is 39.3 Å². The highest BCUT2D eigenvalue weighted by Crippen LogP contribution is 2.35. The summed E-state index contributed by atoms with van der Waals surface area (Å²) in [6, 6.07) is 16.6. The van der Waals surface area contributed by atoms with Gasteiger partial charge in [0.15, 0.2) is 0 Å². The molecule has 1 N–H and O–H groups in total. The Balaban J connectivity index is 1.66. The molecule has 8 nitrogen and oxygen atoms in total. The summed E-state index contributed by atoms with van der Waals surface area (Å²) in [5, 5.41) is 3.98. The van der Waals surface area contributed by atoms with E-state index >= 15 is 0 Å². The fraction of sp³-hybridized carbons (Fsp3) is 0.419. The highest BCUT2D eigenvalue weighted by molar-refractivity contribution is 7.80. The lowest BCUT2D eigenvalue weighted by Gasteiger charge is -2.29. The van der Waals surface area contributed by atoms with E-state index in [0.29, 0.717) is 29.3 Å². The molecular formula is C31H37N3O5S. The van der Waals surface area contributed by atoms with Gasteiger partial charge in [-0.2, -0.15) is 0 Å². The largest absolute Gasteiger partial charge is 0.497 e. The summed E-state index contributed by atoms with van der Waals surface area (Å²) in [5.74, 6) is 1.35. The van der Waals surface area contributed by atoms with Gasteiger partial charge in [0.2, 0.25) is 0 Å². The standard InChI is InChI=1S/C31H37N3O5S/c1-6-10-21(19-35)32-29(40)27-16-23(18-34(27)30(36)39-31(2,3)4)38-28-17-25(20-11-8-7-9-12-20)33-26-15-22(37-5)13-14-24(26)28/h7-9,11-15,17,19,21,23,27H,6,10,16,18H2,1-5H3,(H,32,40)/t21-,23+,27-/m0/s1. The first-order chi connectivity index (χ1) is 19.1. The predicted molar refractivity (Wildman–Crippen MR) is 160 cm³/mol. The van der Waals surface area contributed by atoms with E-state index in [1.54, 1.807) is 12.0 Å². The van der Waals surface area contributed by atoms with Crippen molar-refractivity contribution in [3.8, 4) is 22.8 Å². The SMILES string of the molecule is CCC[C@@H](C=O)NC(=S)[C@@H]1C[C@@H](Oc2cc(-c3ccccc3)nc3cc(OC)ccc23)CN1C(=O)OC(C)(C)C. The molecule has 0 saturated carbocycles. The first kappa shape index (κ1) is 29.3. The molecule has 0 bridgehead atoms. The molecule has 1 aliphatic rings. The topological polar surface area (TPSA) is 90.0 Å². The average molecular weight is 564 g/mol. The van der Waals surface area contributed by atoms with Crippen LogP contribution < -0.4 is 14.8 Å². The van der Waals surface area contributed by atoms with Crippen LogP contribution in [0.15, 0.2) is 54.6 Å². The summed E-state index contributed by atoms with van der Waals surface area (Å²) in [6.07, 6.45) is 1.95. The third-order valence-corrected chi connectivity index (χ3v) is 7.02. The zero-order chi connectivity index (χ0) is 28.9. The van der Waals surface area contributed by atoms with Crippen LogP contribution in [0.3, 0.4) is 0 Å². The molecule has 0 radical (unpaired) electrons. The molecule has 1 aromatic heterocycles. The van der Waals surface area contributed by atoms with Gasteiger partial charge in [0, 0.05) is 29.5 Å². The minimum absolute atomic E-state index is 0.279. The van der Waals surface area contributed by atoms with Crippen molar-refractivity contribution in [2.24, 2.45) is 0 Å². The van der Waals surface area contributed by atoms with Crippen molar-refractivity contribution in [3.05, 3.63) is 54.6 Å². The Morgan fingerprint density at radius 2 is 1.95 bits per heavy atom. The molecule has 0 spiro atoms. The fourth-order valence-corrected chi connectivity index (χ4v) is 5.13. The lowest BCUT2D eigenvalue weighted by molar-refractivity contribution is -0.109. The maximum Gasteiger partial charge on any atom is 0.411 e. The molecule has 1 aliphatic heterocycles. The Hall–Kier alpha value is -3.72. The van der Waals surface area contributed by atoms with Crippen molar-refractivity contribution in [2.45, 2.75) is 70.7 Å². The number of amides is 1. The van der Waals surface area contributed by atoms with Gasteiger partial charge in [0.1, 0.15) is 29.5 Å². The van der Waals surface area contributed by atoms with Crippen LogP contribution in [0, 0.1) is 0 Å². The van der Waals surface area contributed by atoms with Gasteiger partial charge in [0.25, 0.3) is 0 Å². The van der Waals surface area contributed by atoms with E-state index in [9.17, 15) is 9.59 Å². The highest BCUT2D eigenvalue weighted by atomic mass is 32.1. The normalized spacial score (nSPS) is 17.8. The molecule has 3 atom stereocenters. The molecule has 0 unspecified atom stereocenters. The zero-order valence-corrected chi connectivity index (χ0v) is 24.5. The van der Waals surface area contributed by atoms with E-state index in [-0.39, 0.29) is 12.6 Å². The van der Waals surface area contributed by atoms with E-state index < -0.39 is 23.8 Å². The van der Waals surface area contributed by atoms with Crippen LogP contribution in [0.5, 0.6) is 11.5 Å². The van der Waals surface area contributed by atoms with Crippen molar-refractivity contribution < 1.29 is 23.8 Å². The lowest BCUT2D eigenvalue weighted by Crippen LogP contribution is -2.49. The highest BCUT2D eigenvalue weighted by Gasteiger charge is 2.41. The zero-order valence-electron chi connectivity index (χ0n) is 23.7. The third kappa shape index (κ3) is 7.07. The van der Waals surface area contributed by atoms with Crippen molar-refractivity contribution in [1.29, 1.82) is 0 Å². The quantitative estimate of drug-likeness (QED) is 0.252. The fourth-order valence-electron chi connectivity index (χ4n) is 4.75. The number of carbonyl (C=O) groups is 2. The average Bonchev–Trinajstić information content (AvgIpc) is 3.36. The first-order valence-electron chi connectivity index (χ1n) is 13.6. The molecule has 0 aliphatic carbocycles. The smallest absolute Gasteiger partial charge is 0.411 e. The molecule has 212 valence electrons. The number of benzene rings is 2. The Kier molecular flexibility index (Phi) is 9.25. The number of carbonyl (C=O) groups excluding carboxylic acids is 2. The van der Waals surface area contributed by atoms with Crippen molar-refractivity contribution in [1.82, 2.24) is 15.2 Å². The van der Waals surface area contributed by atoms with Gasteiger partial charge >= 0.3 is 6.09 Å². The Morgan fingerprint density at radius 3 is 2.60 bits per heavy atom. The molecule has 1 amide bonds. The number of likely N-dealkylation sites (tertiary alicyclic amines) is 1. The Morgan fingerprint density at radius 1 is 1.20 bits per heavy atom. The number of ether oxygens (including phenoxy) is 3. The number of hydrogen-bond donors (Lipinski definition) is 1. The van der Waals surface area contributed by atoms with E-state index in [4.69, 9.17) is 31.4 Å². The minimum Gasteiger partial charge on any atom is -0.497 e. The van der Waals surface area contributed by atoms with Crippen molar-refractivity contribution in [2.75, 3.05) is 13.7 Å². The number of pyridine rings is 1. The van der Waals surface area contributed by atoms with Gasteiger partial charge < -0.3 is 24.3 Å². The second-order valence-electron chi connectivity index (χ2n) is 10.9. The van der Waals surface area contributed by atoms with Crippen LogP contribution in [-0.4, -0.2) is 64.7 Å². The predicted octanol–water partition coefficient (Wildman–Crippen LogP) is 5.95. The number of nitrogens with one attached hydrogen (secondary N) is 1. The minimum atomic E-state index is -0.673. The van der Waals surface area contributed by atoms with Crippen LogP contribution >= 0.6 is 12.2 Å². The Labute approximate surface area is 241 Å². The number of thiocarbonyl (C=S) groups is 1. The molecule has 1 saturated heterocycles. The number of aromatic nitrogens is 1. The molecule has 9 heteroatoms. The number of methoxy groups -OCH3 is 1. The summed E-state index contributed by atoms with van der Waals surface area (Å²) < 4.78 is 17.7. The molecule has 2 aromatic carbocycles. The van der Waals surface area contributed by atoms with Crippen molar-refractivity contribution >= 4 is 40.5 Å². The summed E-state index contributed by atoms with van der Waals surface area (Å²) in [5.41, 5.74) is 1.78. The van der Waals surface area contributed by atoms with E-state index in [0.717, 1.165) is 34.9 Å². The molecule has 2 heterocycles. The molecule has 40 heavy (non-hydrogen) atoms. The molecule has 1 fully saturated rings. The number of nitrogens with zero attached hydrogens (tertiary/aromatic N) is 2. The summed E-state index contributed by atoms with van der Waals surface area (Å²) in [7, 11) is 1.62. The summed E-state index contributed by atoms with van der Waals surface area (Å²) >= 11 is 5.72. The lowest BCUT2D eigenvalue weighted by atomic mass is 10.1. The second-order valence-corrected chi connectivity index (χ2v) is 11.4. The van der Waals surface area contributed by atoms with Gasteiger partial charge in [0.05, 0.1) is 41.9 Å². The summed E-state index contributed by atoms with van der Waals surface area (Å²) in [4.78, 5) is 31.7. The second kappa shape index (κ2) is 12.6. The maximum absolute atomic E-state index is 13.2. The molecule has 4 rings (SSSR count). The number of fused-ring (bicyclic) bond motifs is 1. The van der Waals surface area contributed by atoms with Crippen LogP contribution in [0.25, 0.3) is 22.2 Å². The summed E-state index contributed by atoms with van der Waals surface area (Å²) in [6.45, 7) is 7.76. The number of aldehydes is 1.